The lowest BCUT2D eigenvalue weighted by atomic mass is 10.1. The summed E-state index contributed by atoms with van der Waals surface area (Å²) in [5.74, 6) is -0.259. The topological polar surface area (TPSA) is 109 Å². The number of hydrogen-bond acceptors (Lipinski definition) is 7. The van der Waals surface area contributed by atoms with Gasteiger partial charge in [0.25, 0.3) is 11.4 Å². The predicted molar refractivity (Wildman–Crippen MR) is 113 cm³/mol. The molecule has 5 rings (SSSR count). The molecular formula is C22H15F2N5O4. The summed E-state index contributed by atoms with van der Waals surface area (Å²) in [6.45, 7) is -0.0756. The molecule has 11 heteroatoms. The predicted octanol–water partition coefficient (Wildman–Crippen LogP) is 3.39. The third-order valence-electron chi connectivity index (χ3n) is 5.18. The van der Waals surface area contributed by atoms with E-state index in [0.29, 0.717) is 27.9 Å². The highest BCUT2D eigenvalue weighted by Gasteiger charge is 2.18. The Hall–Kier alpha value is -4.41. The van der Waals surface area contributed by atoms with Crippen LogP contribution in [0, 0.1) is 0 Å². The van der Waals surface area contributed by atoms with Crippen molar-refractivity contribution in [3.63, 3.8) is 0 Å². The quantitative estimate of drug-likeness (QED) is 0.403. The Morgan fingerprint density at radius 1 is 1.06 bits per heavy atom. The summed E-state index contributed by atoms with van der Waals surface area (Å²) in [6.07, 6.45) is 0.0274. The molecular weight excluding hydrogens is 436 g/mol. The number of aryl methyl sites for hydroxylation is 1. The first-order chi connectivity index (χ1) is 15.9. The van der Waals surface area contributed by atoms with Crippen molar-refractivity contribution in [2.24, 2.45) is 7.05 Å². The Bertz CT molecular complexity index is 1570. The number of nitrogens with zero attached hydrogens (tertiary/aromatic N) is 5. The summed E-state index contributed by atoms with van der Waals surface area (Å²) in [7, 11) is 1.58. The summed E-state index contributed by atoms with van der Waals surface area (Å²) in [5.41, 5.74) is 1.01. The molecule has 0 amide bonds. The zero-order chi connectivity index (χ0) is 23.1. The van der Waals surface area contributed by atoms with E-state index in [0.717, 1.165) is 10.1 Å². The number of fused-ring (bicyclic) bond motifs is 1. The fraction of sp³-hybridized carbons (Fsp3) is 0.136. The number of furan rings is 1. The Kier molecular flexibility index (Phi) is 4.93. The summed E-state index contributed by atoms with van der Waals surface area (Å²) >= 11 is 0. The lowest BCUT2D eigenvalue weighted by Gasteiger charge is -2.11. The summed E-state index contributed by atoms with van der Waals surface area (Å²) in [5, 5.41) is 7.22. The van der Waals surface area contributed by atoms with Crippen LogP contribution >= 0.6 is 0 Å². The molecule has 166 valence electrons. The van der Waals surface area contributed by atoms with E-state index < -0.39 is 23.6 Å². The van der Waals surface area contributed by atoms with Gasteiger partial charge < -0.3 is 8.83 Å². The normalized spacial score (nSPS) is 11.5. The van der Waals surface area contributed by atoms with Crippen LogP contribution in [0.3, 0.4) is 0 Å². The van der Waals surface area contributed by atoms with Crippen molar-refractivity contribution < 1.29 is 17.6 Å². The third kappa shape index (κ3) is 3.63. The Morgan fingerprint density at radius 3 is 2.55 bits per heavy atom. The van der Waals surface area contributed by atoms with Gasteiger partial charge in [0.05, 0.1) is 35.0 Å². The fourth-order valence-electron chi connectivity index (χ4n) is 3.49. The molecule has 0 unspecified atom stereocenters. The molecule has 0 N–H and O–H groups in total. The number of benzene rings is 1. The smallest absolute Gasteiger partial charge is 0.331 e. The first-order valence-corrected chi connectivity index (χ1v) is 9.76. The molecule has 4 aromatic heterocycles. The van der Waals surface area contributed by atoms with Crippen LogP contribution in [0.15, 0.2) is 73.3 Å². The van der Waals surface area contributed by atoms with Gasteiger partial charge in [-0.1, -0.05) is 6.07 Å². The standard InChI is InChI=1S/C22H15F2N5O4/c1-28-16-9-12(17-3-2-8-32-17)5-7-15(16)21(30)29(22(28)31)11-14-6-4-13(10-25-14)19-26-27-20(33-19)18(23)24/h2-10,18H,11H2,1H3. The van der Waals surface area contributed by atoms with Crippen molar-refractivity contribution in [1.82, 2.24) is 24.3 Å². The molecule has 0 bridgehead atoms. The van der Waals surface area contributed by atoms with Crippen molar-refractivity contribution in [2.45, 2.75) is 13.0 Å². The SMILES string of the molecule is Cn1c(=O)n(Cc2ccc(-c3nnc(C(F)F)o3)cn2)c(=O)c2ccc(-c3ccco3)cc21. The monoisotopic (exact) mass is 451 g/mol. The van der Waals surface area contributed by atoms with E-state index in [1.165, 1.54) is 16.8 Å². The van der Waals surface area contributed by atoms with Gasteiger partial charge in [0, 0.05) is 18.8 Å². The van der Waals surface area contributed by atoms with E-state index in [4.69, 9.17) is 8.83 Å². The van der Waals surface area contributed by atoms with Crippen LogP contribution in [-0.2, 0) is 13.6 Å². The van der Waals surface area contributed by atoms with Crippen LogP contribution in [0.25, 0.3) is 33.7 Å². The Labute approximate surface area is 183 Å². The summed E-state index contributed by atoms with van der Waals surface area (Å²) < 4.78 is 38.0. The average molecular weight is 451 g/mol. The average Bonchev–Trinajstić information content (AvgIpc) is 3.53. The highest BCUT2D eigenvalue weighted by atomic mass is 19.3. The second-order valence-electron chi connectivity index (χ2n) is 7.23. The van der Waals surface area contributed by atoms with Crippen molar-refractivity contribution in [1.29, 1.82) is 0 Å². The van der Waals surface area contributed by atoms with E-state index in [1.807, 2.05) is 0 Å². The van der Waals surface area contributed by atoms with E-state index in [-0.39, 0.29) is 12.4 Å². The summed E-state index contributed by atoms with van der Waals surface area (Å²) in [6, 6.07) is 11.8. The Balaban J connectivity index is 1.49. The van der Waals surface area contributed by atoms with E-state index >= 15 is 0 Å². The number of alkyl halides is 2. The van der Waals surface area contributed by atoms with E-state index in [2.05, 4.69) is 15.2 Å². The maximum atomic E-state index is 13.1. The van der Waals surface area contributed by atoms with Gasteiger partial charge in [-0.15, -0.1) is 10.2 Å². The highest BCUT2D eigenvalue weighted by molar-refractivity contribution is 5.83. The van der Waals surface area contributed by atoms with Crippen molar-refractivity contribution in [3.05, 3.63) is 87.3 Å². The van der Waals surface area contributed by atoms with Crippen molar-refractivity contribution in [3.8, 4) is 22.8 Å². The van der Waals surface area contributed by atoms with Gasteiger partial charge in [0.2, 0.25) is 5.89 Å². The second kappa shape index (κ2) is 7.93. The Morgan fingerprint density at radius 2 is 1.88 bits per heavy atom. The van der Waals surface area contributed by atoms with Gasteiger partial charge >= 0.3 is 12.1 Å². The van der Waals surface area contributed by atoms with Gasteiger partial charge in [-0.05, 0) is 36.4 Å². The van der Waals surface area contributed by atoms with Crippen molar-refractivity contribution >= 4 is 10.9 Å². The number of hydrogen-bond donors (Lipinski definition) is 0. The molecule has 0 spiro atoms. The molecule has 0 atom stereocenters. The zero-order valence-electron chi connectivity index (χ0n) is 17.1. The molecule has 5 aromatic rings. The van der Waals surface area contributed by atoms with Crippen LogP contribution in [0.1, 0.15) is 18.0 Å². The molecule has 0 saturated carbocycles. The number of aromatic nitrogens is 5. The van der Waals surface area contributed by atoms with Gasteiger partial charge in [-0.25, -0.2) is 4.79 Å². The maximum Gasteiger partial charge on any atom is 0.331 e. The molecule has 0 radical (unpaired) electrons. The summed E-state index contributed by atoms with van der Waals surface area (Å²) in [4.78, 5) is 30.2. The van der Waals surface area contributed by atoms with Gasteiger partial charge in [-0.3, -0.25) is 18.9 Å². The molecule has 0 saturated heterocycles. The molecule has 0 aliphatic rings. The molecule has 4 heterocycles. The van der Waals surface area contributed by atoms with Gasteiger partial charge in [0.15, 0.2) is 0 Å². The highest BCUT2D eigenvalue weighted by Crippen LogP contribution is 2.24. The van der Waals surface area contributed by atoms with Crippen molar-refractivity contribution in [2.75, 3.05) is 0 Å². The number of halogens is 2. The van der Waals surface area contributed by atoms with Crippen LogP contribution in [-0.4, -0.2) is 24.3 Å². The lowest BCUT2D eigenvalue weighted by molar-refractivity contribution is 0.116. The minimum atomic E-state index is -2.87. The van der Waals surface area contributed by atoms with Gasteiger partial charge in [-0.2, -0.15) is 8.78 Å². The molecule has 0 fully saturated rings. The van der Waals surface area contributed by atoms with Gasteiger partial charge in [0.1, 0.15) is 5.76 Å². The molecule has 0 aliphatic heterocycles. The zero-order valence-corrected chi connectivity index (χ0v) is 17.1. The molecule has 33 heavy (non-hydrogen) atoms. The molecule has 1 aromatic carbocycles. The van der Waals surface area contributed by atoms with Crippen LogP contribution in [0.4, 0.5) is 8.78 Å². The second-order valence-corrected chi connectivity index (χ2v) is 7.23. The number of pyridine rings is 1. The molecule has 9 nitrogen and oxygen atoms in total. The lowest BCUT2D eigenvalue weighted by Crippen LogP contribution is -2.39. The first kappa shape index (κ1) is 20.5. The largest absolute Gasteiger partial charge is 0.464 e. The van der Waals surface area contributed by atoms with E-state index in [9.17, 15) is 18.4 Å². The maximum absolute atomic E-state index is 13.1. The minimum absolute atomic E-state index is 0.0756. The minimum Gasteiger partial charge on any atom is -0.464 e. The fourth-order valence-corrected chi connectivity index (χ4v) is 3.49. The van der Waals surface area contributed by atoms with Crippen LogP contribution in [0.5, 0.6) is 0 Å². The van der Waals surface area contributed by atoms with Crippen LogP contribution in [0.2, 0.25) is 0 Å². The first-order valence-electron chi connectivity index (χ1n) is 9.76. The van der Waals surface area contributed by atoms with E-state index in [1.54, 1.807) is 49.7 Å². The molecule has 0 aliphatic carbocycles. The number of rotatable bonds is 5. The van der Waals surface area contributed by atoms with Crippen LogP contribution < -0.4 is 11.2 Å². The third-order valence-corrected chi connectivity index (χ3v) is 5.18.